The first-order valence-corrected chi connectivity index (χ1v) is 5.87. The van der Waals surface area contributed by atoms with Crippen molar-refractivity contribution in [1.82, 2.24) is 14.5 Å². The summed E-state index contributed by atoms with van der Waals surface area (Å²) in [6.45, 7) is 0. The van der Waals surface area contributed by atoms with Gasteiger partial charge in [0.05, 0.1) is 11.2 Å². The van der Waals surface area contributed by atoms with Crippen LogP contribution < -0.4 is 0 Å². The first-order chi connectivity index (χ1) is 9.06. The number of hydrogen-bond donors (Lipinski definition) is 0. The predicted octanol–water partition coefficient (Wildman–Crippen LogP) is 3.57. The molecular formula is C13H8ClF2N3. The van der Waals surface area contributed by atoms with Gasteiger partial charge in [-0.05, 0) is 23.7 Å². The third-order valence-electron chi connectivity index (χ3n) is 2.93. The van der Waals surface area contributed by atoms with Crippen LogP contribution in [0.3, 0.4) is 0 Å². The Balaban J connectivity index is 2.33. The van der Waals surface area contributed by atoms with E-state index in [9.17, 15) is 8.78 Å². The summed E-state index contributed by atoms with van der Waals surface area (Å²) in [5.74, 6) is -1.76. The van der Waals surface area contributed by atoms with Crippen LogP contribution in [0.4, 0.5) is 8.78 Å². The van der Waals surface area contributed by atoms with E-state index in [4.69, 9.17) is 11.6 Å². The minimum Gasteiger partial charge on any atom is -0.350 e. The largest absolute Gasteiger partial charge is 0.350 e. The van der Waals surface area contributed by atoms with Gasteiger partial charge in [0.25, 0.3) is 0 Å². The fourth-order valence-corrected chi connectivity index (χ4v) is 2.21. The maximum atomic E-state index is 13.4. The number of benzene rings is 1. The first-order valence-electron chi connectivity index (χ1n) is 5.49. The standard InChI is InChI=1S/C13H8ClF2N3/c1-19-6-8(11-2-3-17-13(14)18-11)7-4-9(15)10(16)5-12(7)19/h2-6H,1H3. The quantitative estimate of drug-likeness (QED) is 0.638. The van der Waals surface area contributed by atoms with Crippen molar-refractivity contribution in [3.63, 3.8) is 0 Å². The van der Waals surface area contributed by atoms with E-state index in [-0.39, 0.29) is 5.28 Å². The van der Waals surface area contributed by atoms with Crippen LogP contribution in [0.15, 0.2) is 30.6 Å². The van der Waals surface area contributed by atoms with Crippen molar-refractivity contribution in [3.8, 4) is 11.3 Å². The third-order valence-corrected chi connectivity index (χ3v) is 3.12. The maximum absolute atomic E-state index is 13.4. The second-order valence-electron chi connectivity index (χ2n) is 4.15. The summed E-state index contributed by atoms with van der Waals surface area (Å²) < 4.78 is 28.4. The summed E-state index contributed by atoms with van der Waals surface area (Å²) in [6, 6.07) is 3.99. The molecule has 3 nitrogen and oxygen atoms in total. The van der Waals surface area contributed by atoms with Crippen LogP contribution in [-0.4, -0.2) is 14.5 Å². The van der Waals surface area contributed by atoms with Gasteiger partial charge < -0.3 is 4.57 Å². The van der Waals surface area contributed by atoms with Crippen LogP contribution in [0.2, 0.25) is 5.28 Å². The number of fused-ring (bicyclic) bond motifs is 1. The van der Waals surface area contributed by atoms with E-state index in [1.54, 1.807) is 23.9 Å². The van der Waals surface area contributed by atoms with Crippen molar-refractivity contribution in [2.75, 3.05) is 0 Å². The Bertz CT molecular complexity index is 783. The highest BCUT2D eigenvalue weighted by atomic mass is 35.5. The SMILES string of the molecule is Cn1cc(-c2ccnc(Cl)n2)c2cc(F)c(F)cc21. The fourth-order valence-electron chi connectivity index (χ4n) is 2.07. The molecule has 0 aliphatic rings. The average molecular weight is 280 g/mol. The van der Waals surface area contributed by atoms with Crippen molar-refractivity contribution in [3.05, 3.63) is 47.5 Å². The summed E-state index contributed by atoms with van der Waals surface area (Å²) in [5.41, 5.74) is 1.83. The van der Waals surface area contributed by atoms with Gasteiger partial charge in [0.15, 0.2) is 11.6 Å². The van der Waals surface area contributed by atoms with E-state index in [0.717, 1.165) is 12.1 Å². The lowest BCUT2D eigenvalue weighted by molar-refractivity contribution is 0.510. The number of hydrogen-bond acceptors (Lipinski definition) is 2. The zero-order valence-electron chi connectivity index (χ0n) is 9.86. The lowest BCUT2D eigenvalue weighted by atomic mass is 10.1. The van der Waals surface area contributed by atoms with Crippen LogP contribution in [0.25, 0.3) is 22.2 Å². The number of aromatic nitrogens is 3. The van der Waals surface area contributed by atoms with Gasteiger partial charge in [0.1, 0.15) is 0 Å². The third kappa shape index (κ3) is 1.96. The van der Waals surface area contributed by atoms with Crippen molar-refractivity contribution in [2.24, 2.45) is 7.05 Å². The number of halogens is 3. The van der Waals surface area contributed by atoms with Crippen LogP contribution >= 0.6 is 11.6 Å². The summed E-state index contributed by atoms with van der Waals surface area (Å²) in [7, 11) is 1.76. The molecule has 2 heterocycles. The van der Waals surface area contributed by atoms with Gasteiger partial charge in [-0.2, -0.15) is 0 Å². The Kier molecular flexibility index (Phi) is 2.71. The molecule has 0 amide bonds. The molecule has 96 valence electrons. The summed E-state index contributed by atoms with van der Waals surface area (Å²) in [6.07, 6.45) is 3.27. The van der Waals surface area contributed by atoms with Crippen LogP contribution in [0, 0.1) is 11.6 Å². The Morgan fingerprint density at radius 2 is 1.95 bits per heavy atom. The van der Waals surface area contributed by atoms with E-state index in [2.05, 4.69) is 9.97 Å². The Labute approximate surface area is 112 Å². The van der Waals surface area contributed by atoms with E-state index >= 15 is 0 Å². The van der Waals surface area contributed by atoms with E-state index < -0.39 is 11.6 Å². The highest BCUT2D eigenvalue weighted by Gasteiger charge is 2.14. The zero-order valence-corrected chi connectivity index (χ0v) is 10.6. The molecule has 0 fully saturated rings. The van der Waals surface area contributed by atoms with Gasteiger partial charge in [-0.3, -0.25) is 0 Å². The average Bonchev–Trinajstić information content (AvgIpc) is 2.68. The normalized spacial score (nSPS) is 11.2. The minimum absolute atomic E-state index is 0.108. The molecule has 0 saturated heterocycles. The fraction of sp³-hybridized carbons (Fsp3) is 0.0769. The monoisotopic (exact) mass is 279 g/mol. The molecule has 19 heavy (non-hydrogen) atoms. The van der Waals surface area contributed by atoms with Crippen molar-refractivity contribution in [1.29, 1.82) is 0 Å². The van der Waals surface area contributed by atoms with Crippen molar-refractivity contribution >= 4 is 22.5 Å². The minimum atomic E-state index is -0.889. The molecule has 0 N–H and O–H groups in total. The zero-order chi connectivity index (χ0) is 13.6. The van der Waals surface area contributed by atoms with E-state index in [0.29, 0.717) is 22.2 Å². The lowest BCUT2D eigenvalue weighted by Crippen LogP contribution is -1.88. The van der Waals surface area contributed by atoms with Crippen LogP contribution in [-0.2, 0) is 7.05 Å². The first kappa shape index (κ1) is 12.0. The molecule has 0 aliphatic heterocycles. The van der Waals surface area contributed by atoms with Crippen LogP contribution in [0.1, 0.15) is 0 Å². The number of nitrogens with zero attached hydrogens (tertiary/aromatic N) is 3. The van der Waals surface area contributed by atoms with E-state index in [1.807, 2.05) is 0 Å². The smallest absolute Gasteiger partial charge is 0.222 e. The Morgan fingerprint density at radius 3 is 2.68 bits per heavy atom. The molecular weight excluding hydrogens is 272 g/mol. The van der Waals surface area contributed by atoms with Gasteiger partial charge in [-0.1, -0.05) is 0 Å². The lowest BCUT2D eigenvalue weighted by Gasteiger charge is -2.00. The Hall–Kier alpha value is -2.01. The summed E-state index contributed by atoms with van der Waals surface area (Å²) in [5, 5.41) is 0.688. The molecule has 6 heteroatoms. The van der Waals surface area contributed by atoms with Gasteiger partial charge in [0.2, 0.25) is 5.28 Å². The molecule has 3 rings (SSSR count). The van der Waals surface area contributed by atoms with Gasteiger partial charge in [0, 0.05) is 36.5 Å². The van der Waals surface area contributed by atoms with Gasteiger partial charge in [-0.15, -0.1) is 0 Å². The molecule has 3 aromatic rings. The second kappa shape index (κ2) is 4.28. The van der Waals surface area contributed by atoms with E-state index in [1.165, 1.54) is 6.20 Å². The number of aryl methyl sites for hydroxylation is 1. The van der Waals surface area contributed by atoms with Gasteiger partial charge >= 0.3 is 0 Å². The molecule has 1 aromatic carbocycles. The highest BCUT2D eigenvalue weighted by molar-refractivity contribution is 6.28. The molecule has 0 unspecified atom stereocenters. The topological polar surface area (TPSA) is 30.7 Å². The molecule has 0 radical (unpaired) electrons. The predicted molar refractivity (Wildman–Crippen MR) is 68.9 cm³/mol. The second-order valence-corrected chi connectivity index (χ2v) is 4.49. The molecule has 0 spiro atoms. The van der Waals surface area contributed by atoms with Gasteiger partial charge in [-0.25, -0.2) is 18.7 Å². The van der Waals surface area contributed by atoms with Crippen molar-refractivity contribution in [2.45, 2.75) is 0 Å². The maximum Gasteiger partial charge on any atom is 0.222 e. The molecule has 0 aliphatic carbocycles. The van der Waals surface area contributed by atoms with Crippen molar-refractivity contribution < 1.29 is 8.78 Å². The summed E-state index contributed by atoms with van der Waals surface area (Å²) in [4.78, 5) is 7.88. The summed E-state index contributed by atoms with van der Waals surface area (Å²) >= 11 is 5.75. The molecule has 0 atom stereocenters. The molecule has 0 bridgehead atoms. The Morgan fingerprint density at radius 1 is 1.21 bits per heavy atom. The highest BCUT2D eigenvalue weighted by Crippen LogP contribution is 2.30. The number of rotatable bonds is 1. The van der Waals surface area contributed by atoms with Crippen LogP contribution in [0.5, 0.6) is 0 Å². The molecule has 0 saturated carbocycles. The molecule has 2 aromatic heterocycles.